The molecule has 0 saturated carbocycles. The van der Waals surface area contributed by atoms with Crippen LogP contribution in [0.25, 0.3) is 11.0 Å². The molecule has 6 heteroatoms. The molecule has 0 bridgehead atoms. The van der Waals surface area contributed by atoms with E-state index in [1.807, 2.05) is 7.05 Å². The number of H-pyrrole nitrogens is 1. The van der Waals surface area contributed by atoms with E-state index in [1.54, 1.807) is 6.20 Å². The maximum atomic E-state index is 4.52. The molecular weight excluding hydrogens is 228 g/mol. The highest BCUT2D eigenvalue weighted by Gasteiger charge is 2.14. The molecule has 98 valence electrons. The molecule has 2 heterocycles. The Balaban J connectivity index is 2.38. The second-order valence-corrected chi connectivity index (χ2v) is 4.65. The van der Waals surface area contributed by atoms with Crippen molar-refractivity contribution >= 4 is 22.8 Å². The third-order valence-electron chi connectivity index (χ3n) is 3.16. The molecule has 2 N–H and O–H groups in total. The SMILES string of the molecule is CCC(C)CN(C)c1nc(NC)nc2[nH]ncc12. The van der Waals surface area contributed by atoms with Gasteiger partial charge in [-0.25, -0.2) is 0 Å². The molecule has 2 aromatic rings. The molecule has 0 aliphatic rings. The Morgan fingerprint density at radius 2 is 2.22 bits per heavy atom. The summed E-state index contributed by atoms with van der Waals surface area (Å²) >= 11 is 0. The second-order valence-electron chi connectivity index (χ2n) is 4.65. The van der Waals surface area contributed by atoms with Crippen LogP contribution in [0.3, 0.4) is 0 Å². The number of hydrogen-bond acceptors (Lipinski definition) is 5. The Bertz CT molecular complexity index is 520. The van der Waals surface area contributed by atoms with Gasteiger partial charge in [0, 0.05) is 20.6 Å². The first-order valence-electron chi connectivity index (χ1n) is 6.25. The molecule has 0 spiro atoms. The Labute approximate surface area is 107 Å². The van der Waals surface area contributed by atoms with Crippen molar-refractivity contribution in [1.82, 2.24) is 20.2 Å². The molecule has 0 radical (unpaired) electrons. The van der Waals surface area contributed by atoms with Gasteiger partial charge in [-0.1, -0.05) is 20.3 Å². The summed E-state index contributed by atoms with van der Waals surface area (Å²) in [5, 5.41) is 10.9. The summed E-state index contributed by atoms with van der Waals surface area (Å²) < 4.78 is 0. The quantitative estimate of drug-likeness (QED) is 0.845. The summed E-state index contributed by atoms with van der Waals surface area (Å²) in [5.41, 5.74) is 0.764. The van der Waals surface area contributed by atoms with Crippen LogP contribution in [0.2, 0.25) is 0 Å². The van der Waals surface area contributed by atoms with E-state index in [4.69, 9.17) is 0 Å². The van der Waals surface area contributed by atoms with Crippen molar-refractivity contribution in [2.45, 2.75) is 20.3 Å². The normalized spacial score (nSPS) is 12.7. The minimum atomic E-state index is 0.609. The Morgan fingerprint density at radius 3 is 2.89 bits per heavy atom. The average Bonchev–Trinajstić information content (AvgIpc) is 2.85. The zero-order chi connectivity index (χ0) is 13.1. The lowest BCUT2D eigenvalue weighted by Gasteiger charge is -2.22. The fraction of sp³-hybridized carbons (Fsp3) is 0.583. The Kier molecular flexibility index (Phi) is 3.64. The molecule has 2 rings (SSSR count). The van der Waals surface area contributed by atoms with E-state index in [9.17, 15) is 0 Å². The van der Waals surface area contributed by atoms with Gasteiger partial charge in [-0.15, -0.1) is 0 Å². The summed E-state index contributed by atoms with van der Waals surface area (Å²) in [4.78, 5) is 11.0. The zero-order valence-corrected chi connectivity index (χ0v) is 11.4. The number of rotatable bonds is 5. The smallest absolute Gasteiger partial charge is 0.226 e. The van der Waals surface area contributed by atoms with E-state index in [2.05, 4.69) is 51.3 Å². The van der Waals surface area contributed by atoms with Gasteiger partial charge in [0.2, 0.25) is 5.95 Å². The highest BCUT2D eigenvalue weighted by Crippen LogP contribution is 2.23. The van der Waals surface area contributed by atoms with E-state index in [-0.39, 0.29) is 0 Å². The molecular formula is C12H20N6. The van der Waals surface area contributed by atoms with Crippen LogP contribution in [0.4, 0.5) is 11.8 Å². The van der Waals surface area contributed by atoms with Crippen LogP contribution in [0.1, 0.15) is 20.3 Å². The molecule has 18 heavy (non-hydrogen) atoms. The van der Waals surface area contributed by atoms with Crippen molar-refractivity contribution < 1.29 is 0 Å². The predicted octanol–water partition coefficient (Wildman–Crippen LogP) is 1.88. The van der Waals surface area contributed by atoms with Crippen LogP contribution in [-0.4, -0.2) is 40.8 Å². The van der Waals surface area contributed by atoms with Gasteiger partial charge in [-0.3, -0.25) is 5.10 Å². The average molecular weight is 248 g/mol. The van der Waals surface area contributed by atoms with E-state index in [1.165, 1.54) is 0 Å². The molecule has 0 saturated heterocycles. The van der Waals surface area contributed by atoms with Crippen molar-refractivity contribution in [3.63, 3.8) is 0 Å². The first-order chi connectivity index (χ1) is 8.65. The van der Waals surface area contributed by atoms with Gasteiger partial charge in [0.05, 0.1) is 11.6 Å². The molecule has 1 atom stereocenters. The van der Waals surface area contributed by atoms with Crippen molar-refractivity contribution in [2.75, 3.05) is 30.9 Å². The molecule has 2 aromatic heterocycles. The maximum absolute atomic E-state index is 4.52. The number of fused-ring (bicyclic) bond motifs is 1. The molecule has 0 fully saturated rings. The molecule has 0 amide bonds. The predicted molar refractivity (Wildman–Crippen MR) is 74.0 cm³/mol. The lowest BCUT2D eigenvalue weighted by Crippen LogP contribution is -2.25. The second kappa shape index (κ2) is 5.20. The van der Waals surface area contributed by atoms with Crippen LogP contribution in [-0.2, 0) is 0 Å². The van der Waals surface area contributed by atoms with E-state index >= 15 is 0 Å². The van der Waals surface area contributed by atoms with Crippen LogP contribution >= 0.6 is 0 Å². The van der Waals surface area contributed by atoms with Gasteiger partial charge in [0.25, 0.3) is 0 Å². The Hall–Kier alpha value is -1.85. The van der Waals surface area contributed by atoms with E-state index < -0.39 is 0 Å². The van der Waals surface area contributed by atoms with Crippen LogP contribution in [0.15, 0.2) is 6.20 Å². The van der Waals surface area contributed by atoms with Crippen molar-refractivity contribution in [3.05, 3.63) is 6.20 Å². The van der Waals surface area contributed by atoms with Gasteiger partial charge in [0.15, 0.2) is 5.65 Å². The number of anilines is 2. The number of aromatic nitrogens is 4. The van der Waals surface area contributed by atoms with Crippen LogP contribution < -0.4 is 10.2 Å². The molecule has 1 unspecified atom stereocenters. The third kappa shape index (κ3) is 2.37. The molecule has 0 aromatic carbocycles. The van der Waals surface area contributed by atoms with Gasteiger partial charge < -0.3 is 10.2 Å². The van der Waals surface area contributed by atoms with Gasteiger partial charge in [0.1, 0.15) is 5.82 Å². The monoisotopic (exact) mass is 248 g/mol. The number of nitrogens with one attached hydrogen (secondary N) is 2. The number of hydrogen-bond donors (Lipinski definition) is 2. The van der Waals surface area contributed by atoms with Crippen molar-refractivity contribution in [2.24, 2.45) is 5.92 Å². The van der Waals surface area contributed by atoms with Crippen LogP contribution in [0, 0.1) is 5.92 Å². The standard InChI is InChI=1S/C12H20N6/c1-5-8(2)7-18(4)11-9-6-14-17-10(9)15-12(13-3)16-11/h6,8H,5,7H2,1-4H3,(H2,13,14,15,16,17). The fourth-order valence-corrected chi connectivity index (χ4v) is 1.91. The summed E-state index contributed by atoms with van der Waals surface area (Å²) in [5.74, 6) is 2.15. The zero-order valence-electron chi connectivity index (χ0n) is 11.4. The first-order valence-corrected chi connectivity index (χ1v) is 6.25. The maximum Gasteiger partial charge on any atom is 0.226 e. The van der Waals surface area contributed by atoms with Gasteiger partial charge in [-0.05, 0) is 5.92 Å². The van der Waals surface area contributed by atoms with E-state index in [0.29, 0.717) is 11.9 Å². The summed E-state index contributed by atoms with van der Waals surface area (Å²) in [6.07, 6.45) is 2.93. The lowest BCUT2D eigenvalue weighted by molar-refractivity contribution is 0.558. The third-order valence-corrected chi connectivity index (χ3v) is 3.16. The van der Waals surface area contributed by atoms with Crippen molar-refractivity contribution in [3.8, 4) is 0 Å². The lowest BCUT2D eigenvalue weighted by atomic mass is 10.1. The molecule has 6 nitrogen and oxygen atoms in total. The van der Waals surface area contributed by atoms with Gasteiger partial charge in [-0.2, -0.15) is 15.1 Å². The topological polar surface area (TPSA) is 69.7 Å². The minimum absolute atomic E-state index is 0.609. The molecule has 0 aliphatic heterocycles. The van der Waals surface area contributed by atoms with Crippen molar-refractivity contribution in [1.29, 1.82) is 0 Å². The highest BCUT2D eigenvalue weighted by atomic mass is 15.2. The highest BCUT2D eigenvalue weighted by molar-refractivity contribution is 5.87. The largest absolute Gasteiger partial charge is 0.359 e. The summed E-state index contributed by atoms with van der Waals surface area (Å²) in [6, 6.07) is 0. The van der Waals surface area contributed by atoms with Crippen LogP contribution in [0.5, 0.6) is 0 Å². The molecule has 0 aliphatic carbocycles. The summed E-state index contributed by atoms with van der Waals surface area (Å²) in [6.45, 7) is 5.41. The van der Waals surface area contributed by atoms with E-state index in [0.717, 1.165) is 29.8 Å². The number of nitrogens with zero attached hydrogens (tertiary/aromatic N) is 4. The summed E-state index contributed by atoms with van der Waals surface area (Å²) in [7, 11) is 3.87. The minimum Gasteiger partial charge on any atom is -0.359 e. The first kappa shape index (κ1) is 12.6. The fourth-order valence-electron chi connectivity index (χ4n) is 1.91. The number of aromatic amines is 1. The van der Waals surface area contributed by atoms with Gasteiger partial charge >= 0.3 is 0 Å². The Morgan fingerprint density at radius 1 is 1.44 bits per heavy atom.